The minimum absolute atomic E-state index is 0. The summed E-state index contributed by atoms with van der Waals surface area (Å²) in [6, 6.07) is 11.3. The Balaban J connectivity index is 0.00000220. The highest BCUT2D eigenvalue weighted by Gasteiger charge is 2.34. The van der Waals surface area contributed by atoms with Crippen LogP contribution in [0.1, 0.15) is 44.2 Å². The number of nitrogens with zero attached hydrogens (tertiary/aromatic N) is 1. The summed E-state index contributed by atoms with van der Waals surface area (Å²) in [6.07, 6.45) is 4.76. The topological polar surface area (TPSA) is 32.3 Å². The third-order valence-electron chi connectivity index (χ3n) is 4.31. The number of hydrogen-bond acceptors (Lipinski definition) is 2. The number of benzene rings is 1. The molecule has 2 rings (SSSR count). The minimum Gasteiger partial charge on any atom is -0.353 e. The standard InChI is InChI=1S/C17H26N2O.ClH/c1-13(20)18-16-12-8-7-11-15(16)17(19(2)3)14-9-5-4-6-10-14;/h4-6,9-10,15-17H,7-8,11-12H2,1-3H3,(H,18,20);1H. The molecule has 21 heavy (non-hydrogen) atoms. The Bertz CT molecular complexity index is 436. The Morgan fingerprint density at radius 2 is 1.81 bits per heavy atom. The predicted octanol–water partition coefficient (Wildman–Crippen LogP) is 3.41. The van der Waals surface area contributed by atoms with Crippen LogP contribution >= 0.6 is 12.4 Å². The summed E-state index contributed by atoms with van der Waals surface area (Å²) in [5.74, 6) is 0.581. The fourth-order valence-electron chi connectivity index (χ4n) is 3.56. The van der Waals surface area contributed by atoms with E-state index in [1.807, 2.05) is 0 Å². The Labute approximate surface area is 134 Å². The van der Waals surface area contributed by atoms with Gasteiger partial charge in [-0.1, -0.05) is 43.2 Å². The van der Waals surface area contributed by atoms with Gasteiger partial charge in [-0.05, 0) is 38.4 Å². The van der Waals surface area contributed by atoms with Crippen molar-refractivity contribution >= 4 is 18.3 Å². The molecule has 1 N–H and O–H groups in total. The zero-order chi connectivity index (χ0) is 14.5. The van der Waals surface area contributed by atoms with Crippen molar-refractivity contribution in [3.63, 3.8) is 0 Å². The molecule has 4 heteroatoms. The number of rotatable bonds is 4. The van der Waals surface area contributed by atoms with Crippen LogP contribution in [-0.2, 0) is 4.79 Å². The lowest BCUT2D eigenvalue weighted by Gasteiger charge is -2.40. The van der Waals surface area contributed by atoms with Crippen molar-refractivity contribution in [3.05, 3.63) is 35.9 Å². The Morgan fingerprint density at radius 3 is 2.38 bits per heavy atom. The van der Waals surface area contributed by atoms with E-state index in [4.69, 9.17) is 0 Å². The number of nitrogens with one attached hydrogen (secondary N) is 1. The van der Waals surface area contributed by atoms with Gasteiger partial charge in [0.1, 0.15) is 0 Å². The molecule has 0 saturated heterocycles. The summed E-state index contributed by atoms with van der Waals surface area (Å²) in [5.41, 5.74) is 1.35. The van der Waals surface area contributed by atoms with Crippen LogP contribution in [-0.4, -0.2) is 30.9 Å². The number of carbonyl (C=O) groups is 1. The summed E-state index contributed by atoms with van der Waals surface area (Å²) in [7, 11) is 4.27. The maximum absolute atomic E-state index is 11.5. The lowest BCUT2D eigenvalue weighted by Crippen LogP contribution is -2.46. The minimum atomic E-state index is 0. The van der Waals surface area contributed by atoms with Gasteiger partial charge in [0.25, 0.3) is 0 Å². The number of halogens is 1. The lowest BCUT2D eigenvalue weighted by molar-refractivity contribution is -0.120. The summed E-state index contributed by atoms with van der Waals surface area (Å²) in [4.78, 5) is 13.8. The molecule has 3 atom stereocenters. The van der Waals surface area contributed by atoms with E-state index in [0.717, 1.165) is 6.42 Å². The first kappa shape index (κ1) is 18.0. The van der Waals surface area contributed by atoms with Crippen molar-refractivity contribution in [2.75, 3.05) is 14.1 Å². The molecule has 1 fully saturated rings. The van der Waals surface area contributed by atoms with Crippen molar-refractivity contribution in [3.8, 4) is 0 Å². The van der Waals surface area contributed by atoms with E-state index in [2.05, 4.69) is 54.6 Å². The van der Waals surface area contributed by atoms with Crippen LogP contribution < -0.4 is 5.32 Å². The highest BCUT2D eigenvalue weighted by atomic mass is 35.5. The second-order valence-electron chi connectivity index (χ2n) is 6.07. The first-order valence-electron chi connectivity index (χ1n) is 7.58. The van der Waals surface area contributed by atoms with Crippen LogP contribution in [0.2, 0.25) is 0 Å². The van der Waals surface area contributed by atoms with Crippen LogP contribution in [0.25, 0.3) is 0 Å². The molecule has 1 aliphatic carbocycles. The highest BCUT2D eigenvalue weighted by molar-refractivity contribution is 5.85. The first-order valence-corrected chi connectivity index (χ1v) is 7.58. The molecule has 118 valence electrons. The van der Waals surface area contributed by atoms with Gasteiger partial charge in [-0.3, -0.25) is 4.79 Å². The predicted molar refractivity (Wildman–Crippen MR) is 89.7 cm³/mol. The average Bonchev–Trinajstić information content (AvgIpc) is 2.41. The molecule has 1 amide bonds. The van der Waals surface area contributed by atoms with E-state index in [1.54, 1.807) is 6.92 Å². The molecule has 1 saturated carbocycles. The largest absolute Gasteiger partial charge is 0.353 e. The van der Waals surface area contributed by atoms with Crippen LogP contribution in [0, 0.1) is 5.92 Å². The molecule has 3 unspecified atom stereocenters. The van der Waals surface area contributed by atoms with E-state index in [9.17, 15) is 4.79 Å². The summed E-state index contributed by atoms with van der Waals surface area (Å²) in [5, 5.41) is 3.17. The molecule has 0 heterocycles. The van der Waals surface area contributed by atoms with Gasteiger partial charge in [-0.15, -0.1) is 12.4 Å². The number of amides is 1. The Hall–Kier alpha value is -1.06. The number of hydrogen-bond donors (Lipinski definition) is 1. The first-order chi connectivity index (χ1) is 9.59. The van der Waals surface area contributed by atoms with Crippen LogP contribution in [0.5, 0.6) is 0 Å². The van der Waals surface area contributed by atoms with Gasteiger partial charge >= 0.3 is 0 Å². The van der Waals surface area contributed by atoms with Gasteiger partial charge in [0.05, 0.1) is 0 Å². The zero-order valence-electron chi connectivity index (χ0n) is 13.2. The van der Waals surface area contributed by atoms with E-state index < -0.39 is 0 Å². The van der Waals surface area contributed by atoms with Gasteiger partial charge < -0.3 is 10.2 Å². The van der Waals surface area contributed by atoms with Gasteiger partial charge in [-0.25, -0.2) is 0 Å². The molecule has 0 aromatic heterocycles. The SMILES string of the molecule is CC(=O)NC1CCCCC1C(c1ccccc1)N(C)C.Cl. The third-order valence-corrected chi connectivity index (χ3v) is 4.31. The van der Waals surface area contributed by atoms with Crippen LogP contribution in [0.4, 0.5) is 0 Å². The van der Waals surface area contributed by atoms with Gasteiger partial charge in [0.2, 0.25) is 5.91 Å². The molecule has 1 aromatic rings. The molecule has 0 bridgehead atoms. The smallest absolute Gasteiger partial charge is 0.217 e. The van der Waals surface area contributed by atoms with E-state index in [0.29, 0.717) is 18.0 Å². The van der Waals surface area contributed by atoms with E-state index >= 15 is 0 Å². The second kappa shape index (κ2) is 8.40. The van der Waals surface area contributed by atoms with Crippen molar-refractivity contribution in [1.29, 1.82) is 0 Å². The molecule has 1 aliphatic rings. The van der Waals surface area contributed by atoms with Crippen molar-refractivity contribution in [1.82, 2.24) is 10.2 Å². The Kier molecular flexibility index (Phi) is 7.20. The molecular formula is C17H27ClN2O. The van der Waals surface area contributed by atoms with Gasteiger partial charge in [-0.2, -0.15) is 0 Å². The second-order valence-corrected chi connectivity index (χ2v) is 6.07. The normalized spacial score (nSPS) is 23.2. The Morgan fingerprint density at radius 1 is 1.19 bits per heavy atom. The van der Waals surface area contributed by atoms with E-state index in [-0.39, 0.29) is 18.3 Å². The summed E-state index contributed by atoms with van der Waals surface area (Å²) in [6.45, 7) is 1.62. The quantitative estimate of drug-likeness (QED) is 0.924. The summed E-state index contributed by atoms with van der Waals surface area (Å²) < 4.78 is 0. The highest BCUT2D eigenvalue weighted by Crippen LogP contribution is 2.37. The third kappa shape index (κ3) is 4.72. The number of carbonyl (C=O) groups excluding carboxylic acids is 1. The molecule has 0 spiro atoms. The molecule has 1 aromatic carbocycles. The fourth-order valence-corrected chi connectivity index (χ4v) is 3.56. The van der Waals surface area contributed by atoms with Gasteiger partial charge in [0, 0.05) is 19.0 Å². The monoisotopic (exact) mass is 310 g/mol. The van der Waals surface area contributed by atoms with Crippen LogP contribution in [0.15, 0.2) is 30.3 Å². The molecule has 0 radical (unpaired) electrons. The van der Waals surface area contributed by atoms with Crippen molar-refractivity contribution in [2.24, 2.45) is 5.92 Å². The summed E-state index contributed by atoms with van der Waals surface area (Å²) >= 11 is 0. The maximum Gasteiger partial charge on any atom is 0.217 e. The zero-order valence-corrected chi connectivity index (χ0v) is 14.0. The maximum atomic E-state index is 11.5. The van der Waals surface area contributed by atoms with Crippen molar-refractivity contribution in [2.45, 2.75) is 44.7 Å². The van der Waals surface area contributed by atoms with Gasteiger partial charge in [0.15, 0.2) is 0 Å². The fraction of sp³-hybridized carbons (Fsp3) is 0.588. The average molecular weight is 311 g/mol. The van der Waals surface area contributed by atoms with E-state index in [1.165, 1.54) is 24.8 Å². The van der Waals surface area contributed by atoms with Crippen molar-refractivity contribution < 1.29 is 4.79 Å². The molecule has 0 aliphatic heterocycles. The molecule has 3 nitrogen and oxygen atoms in total. The lowest BCUT2D eigenvalue weighted by atomic mass is 9.77. The molecular weight excluding hydrogens is 284 g/mol. The van der Waals surface area contributed by atoms with Crippen LogP contribution in [0.3, 0.4) is 0 Å².